The average molecular weight is 482 g/mol. The molecule has 32 heavy (non-hydrogen) atoms. The lowest BCUT2D eigenvalue weighted by atomic mass is 10.2. The quantitative estimate of drug-likeness (QED) is 0.354. The Kier molecular flexibility index (Phi) is 6.88. The molecule has 0 bridgehead atoms. The Morgan fingerprint density at radius 2 is 1.59 bits per heavy atom. The van der Waals surface area contributed by atoms with Crippen LogP contribution in [0.5, 0.6) is 0 Å². The highest BCUT2D eigenvalue weighted by atomic mass is 35.5. The summed E-state index contributed by atoms with van der Waals surface area (Å²) in [6.07, 6.45) is 3.31. The van der Waals surface area contributed by atoms with Gasteiger partial charge in [0, 0.05) is 58.1 Å². The largest absolute Gasteiger partial charge is 0.369 e. The summed E-state index contributed by atoms with van der Waals surface area (Å²) in [7, 11) is 0. The molecule has 166 valence electrons. The number of benzene rings is 3. The molecule has 3 nitrogen and oxygen atoms in total. The lowest BCUT2D eigenvalue weighted by Crippen LogP contribution is -2.47. The molecule has 2 aliphatic rings. The Morgan fingerprint density at radius 1 is 0.844 bits per heavy atom. The fourth-order valence-electron chi connectivity index (χ4n) is 4.51. The molecule has 0 aliphatic carbocycles. The molecule has 0 aromatic heterocycles. The molecule has 0 saturated carbocycles. The van der Waals surface area contributed by atoms with Crippen molar-refractivity contribution in [2.75, 3.05) is 55.3 Å². The lowest BCUT2D eigenvalue weighted by Gasteiger charge is -2.37. The number of rotatable bonds is 6. The Hall–Kier alpha value is -1.79. The minimum atomic E-state index is 0.802. The number of fused-ring (bicyclic) bond motifs is 2. The first kappa shape index (κ1) is 22.0. The molecule has 3 aromatic rings. The molecule has 0 atom stereocenters. The zero-order valence-electron chi connectivity index (χ0n) is 18.3. The third-order valence-corrected chi connectivity index (χ3v) is 8.36. The second-order valence-electron chi connectivity index (χ2n) is 8.21. The van der Waals surface area contributed by atoms with E-state index in [-0.39, 0.29) is 0 Å². The standard InChI is InChI=1S/C26H28ClN3S2/c1-31-22-11-12-26-24(19-22)30(23-5-2-3-6-25(23)32-26)14-4-13-28-15-17-29(18-16-28)21-9-7-20(27)8-10-21/h2-3,5-12,19H,4,13-18H2,1H3. The zero-order chi connectivity index (χ0) is 21.9. The van der Waals surface area contributed by atoms with Gasteiger partial charge in [-0.3, -0.25) is 4.90 Å². The molecule has 1 saturated heterocycles. The Labute approximate surface area is 204 Å². The van der Waals surface area contributed by atoms with Crippen LogP contribution in [0.15, 0.2) is 81.4 Å². The van der Waals surface area contributed by atoms with E-state index in [0.29, 0.717) is 0 Å². The van der Waals surface area contributed by atoms with Gasteiger partial charge in [0.15, 0.2) is 0 Å². The Balaban J connectivity index is 1.21. The van der Waals surface area contributed by atoms with Gasteiger partial charge in [0.1, 0.15) is 0 Å². The highest BCUT2D eigenvalue weighted by molar-refractivity contribution is 8.00. The van der Waals surface area contributed by atoms with E-state index in [1.54, 1.807) is 0 Å². The van der Waals surface area contributed by atoms with Gasteiger partial charge in [0.2, 0.25) is 0 Å². The summed E-state index contributed by atoms with van der Waals surface area (Å²) in [5.41, 5.74) is 3.97. The van der Waals surface area contributed by atoms with Crippen molar-refractivity contribution in [1.29, 1.82) is 0 Å². The molecule has 6 heteroatoms. The fraction of sp³-hybridized carbons (Fsp3) is 0.308. The summed E-state index contributed by atoms with van der Waals surface area (Å²) in [5.74, 6) is 0. The van der Waals surface area contributed by atoms with E-state index in [9.17, 15) is 0 Å². The van der Waals surface area contributed by atoms with Gasteiger partial charge in [-0.15, -0.1) is 11.8 Å². The number of nitrogens with zero attached hydrogens (tertiary/aromatic N) is 3. The maximum atomic E-state index is 6.04. The topological polar surface area (TPSA) is 9.72 Å². The van der Waals surface area contributed by atoms with Crippen molar-refractivity contribution in [1.82, 2.24) is 4.90 Å². The van der Waals surface area contributed by atoms with Crippen molar-refractivity contribution in [3.8, 4) is 0 Å². The Bertz CT molecular complexity index is 1060. The number of halogens is 1. The smallest absolute Gasteiger partial charge is 0.0564 e. The molecular formula is C26H28ClN3S2. The fourth-order valence-corrected chi connectivity index (χ4v) is 6.15. The number of piperazine rings is 1. The summed E-state index contributed by atoms with van der Waals surface area (Å²) in [6.45, 7) is 6.55. The molecule has 2 aliphatic heterocycles. The molecule has 5 rings (SSSR count). The first-order valence-corrected chi connectivity index (χ1v) is 13.6. The van der Waals surface area contributed by atoms with Gasteiger partial charge in [-0.2, -0.15) is 0 Å². The van der Waals surface area contributed by atoms with Gasteiger partial charge in [0.25, 0.3) is 0 Å². The summed E-state index contributed by atoms with van der Waals surface area (Å²) in [5, 5.41) is 0.802. The summed E-state index contributed by atoms with van der Waals surface area (Å²) >= 11 is 9.75. The Morgan fingerprint density at radius 3 is 2.38 bits per heavy atom. The van der Waals surface area contributed by atoms with Crippen molar-refractivity contribution in [2.24, 2.45) is 0 Å². The predicted molar refractivity (Wildman–Crippen MR) is 141 cm³/mol. The average Bonchev–Trinajstić information content (AvgIpc) is 2.84. The van der Waals surface area contributed by atoms with Crippen molar-refractivity contribution in [3.05, 3.63) is 71.8 Å². The maximum Gasteiger partial charge on any atom is 0.0564 e. The number of hydrogen-bond acceptors (Lipinski definition) is 5. The van der Waals surface area contributed by atoms with Crippen LogP contribution in [0.4, 0.5) is 17.1 Å². The van der Waals surface area contributed by atoms with Crippen molar-refractivity contribution in [3.63, 3.8) is 0 Å². The van der Waals surface area contributed by atoms with Crippen LogP contribution < -0.4 is 9.80 Å². The zero-order valence-corrected chi connectivity index (χ0v) is 20.7. The van der Waals surface area contributed by atoms with Gasteiger partial charge in [-0.05, 0) is 73.8 Å². The van der Waals surface area contributed by atoms with E-state index in [4.69, 9.17) is 11.6 Å². The molecule has 0 amide bonds. The van der Waals surface area contributed by atoms with Gasteiger partial charge in [0.05, 0.1) is 11.4 Å². The van der Waals surface area contributed by atoms with Gasteiger partial charge >= 0.3 is 0 Å². The number of para-hydroxylation sites is 1. The lowest BCUT2D eigenvalue weighted by molar-refractivity contribution is 0.256. The van der Waals surface area contributed by atoms with E-state index < -0.39 is 0 Å². The van der Waals surface area contributed by atoms with E-state index >= 15 is 0 Å². The molecule has 3 aromatic carbocycles. The van der Waals surface area contributed by atoms with Crippen LogP contribution in [0.3, 0.4) is 0 Å². The SMILES string of the molecule is CSc1ccc2c(c1)N(CCCN1CCN(c3ccc(Cl)cc3)CC1)c1ccccc1S2. The van der Waals surface area contributed by atoms with Crippen molar-refractivity contribution in [2.45, 2.75) is 21.1 Å². The monoisotopic (exact) mass is 481 g/mol. The molecule has 1 fully saturated rings. The van der Waals surface area contributed by atoms with Crippen LogP contribution >= 0.6 is 35.1 Å². The van der Waals surface area contributed by atoms with Gasteiger partial charge < -0.3 is 9.80 Å². The van der Waals surface area contributed by atoms with E-state index in [1.165, 1.54) is 31.7 Å². The van der Waals surface area contributed by atoms with Gasteiger partial charge in [-0.25, -0.2) is 0 Å². The second kappa shape index (κ2) is 10.0. The first-order valence-electron chi connectivity index (χ1n) is 11.2. The first-order chi connectivity index (χ1) is 15.7. The summed E-state index contributed by atoms with van der Waals surface area (Å²) in [4.78, 5) is 11.6. The van der Waals surface area contributed by atoms with Crippen molar-refractivity contribution < 1.29 is 0 Å². The third-order valence-electron chi connectivity index (χ3n) is 6.25. The number of anilines is 3. The minimum Gasteiger partial charge on any atom is -0.369 e. The third kappa shape index (κ3) is 4.76. The van der Waals surface area contributed by atoms with E-state index in [1.807, 2.05) is 35.7 Å². The molecule has 0 radical (unpaired) electrons. The molecule has 2 heterocycles. The van der Waals surface area contributed by atoms with Crippen LogP contribution in [0.25, 0.3) is 0 Å². The molecular weight excluding hydrogens is 454 g/mol. The normalized spacial score (nSPS) is 16.1. The van der Waals surface area contributed by atoms with Crippen LogP contribution in [0, 0.1) is 0 Å². The molecule has 0 spiro atoms. The summed E-state index contributed by atoms with van der Waals surface area (Å²) in [6, 6.07) is 23.9. The van der Waals surface area contributed by atoms with Gasteiger partial charge in [-0.1, -0.05) is 35.5 Å². The number of thioether (sulfide) groups is 1. The van der Waals surface area contributed by atoms with Crippen molar-refractivity contribution >= 4 is 52.2 Å². The van der Waals surface area contributed by atoms with Crippen LogP contribution in [-0.2, 0) is 0 Å². The maximum absolute atomic E-state index is 6.04. The number of hydrogen-bond donors (Lipinski definition) is 0. The summed E-state index contributed by atoms with van der Waals surface area (Å²) < 4.78 is 0. The minimum absolute atomic E-state index is 0.802. The highest BCUT2D eigenvalue weighted by Gasteiger charge is 2.24. The van der Waals surface area contributed by atoms with Crippen LogP contribution in [-0.4, -0.2) is 50.4 Å². The molecule has 0 N–H and O–H groups in total. The van der Waals surface area contributed by atoms with Crippen LogP contribution in [0.1, 0.15) is 6.42 Å². The highest BCUT2D eigenvalue weighted by Crippen LogP contribution is 2.48. The molecule has 0 unspecified atom stereocenters. The van der Waals surface area contributed by atoms with E-state index in [2.05, 4.69) is 75.6 Å². The second-order valence-corrected chi connectivity index (χ2v) is 10.6. The predicted octanol–water partition coefficient (Wildman–Crippen LogP) is 6.88. The van der Waals surface area contributed by atoms with E-state index in [0.717, 1.165) is 50.7 Å². The van der Waals surface area contributed by atoms with Crippen LogP contribution in [0.2, 0.25) is 5.02 Å².